The molecule has 0 aliphatic heterocycles. The minimum atomic E-state index is -4.37. The number of nitrogens with zero attached hydrogens (tertiary/aromatic N) is 2. The molecule has 0 unspecified atom stereocenters. The van der Waals surface area contributed by atoms with Crippen LogP contribution in [0.2, 0.25) is 0 Å². The highest BCUT2D eigenvalue weighted by molar-refractivity contribution is 9.10. The lowest BCUT2D eigenvalue weighted by atomic mass is 10.2. The average Bonchev–Trinajstić information content (AvgIpc) is 2.58. The van der Waals surface area contributed by atoms with Gasteiger partial charge in [0.2, 0.25) is 5.95 Å². The van der Waals surface area contributed by atoms with Gasteiger partial charge in [-0.05, 0) is 45.8 Å². The average molecular weight is 429 g/mol. The van der Waals surface area contributed by atoms with Gasteiger partial charge in [0, 0.05) is 11.0 Å². The fourth-order valence-corrected chi connectivity index (χ4v) is 2.86. The number of anilines is 2. The molecule has 0 bridgehead atoms. The van der Waals surface area contributed by atoms with Gasteiger partial charge in [0.05, 0.1) is 10.9 Å². The molecule has 2 aromatic carbocycles. The van der Waals surface area contributed by atoms with Gasteiger partial charge in [0.1, 0.15) is 18.2 Å². The van der Waals surface area contributed by atoms with Crippen LogP contribution in [-0.4, -0.2) is 22.7 Å². The minimum Gasteiger partial charge on any atom is -0.360 e. The second-order valence-electron chi connectivity index (χ2n) is 5.48. The number of aromatic nitrogens is 2. The largest absolute Gasteiger partial charge is 0.405 e. The summed E-state index contributed by atoms with van der Waals surface area (Å²) in [6.45, 7) is -0.906. The van der Waals surface area contributed by atoms with E-state index in [1.165, 1.54) is 12.1 Å². The highest BCUT2D eigenvalue weighted by atomic mass is 79.9. The van der Waals surface area contributed by atoms with Crippen LogP contribution in [0.4, 0.5) is 29.3 Å². The number of benzene rings is 2. The first-order valence-corrected chi connectivity index (χ1v) is 8.36. The third-order valence-electron chi connectivity index (χ3n) is 3.49. The van der Waals surface area contributed by atoms with E-state index in [1.54, 1.807) is 30.3 Å². The van der Waals surface area contributed by atoms with Crippen molar-refractivity contribution in [3.8, 4) is 0 Å². The summed E-state index contributed by atoms with van der Waals surface area (Å²) < 4.78 is 51.3. The van der Waals surface area contributed by atoms with Crippen LogP contribution in [0.25, 0.3) is 10.9 Å². The van der Waals surface area contributed by atoms with Gasteiger partial charge in [-0.15, -0.1) is 0 Å². The molecule has 3 rings (SSSR count). The number of alkyl halides is 3. The summed E-state index contributed by atoms with van der Waals surface area (Å²) in [6.07, 6.45) is -4.37. The smallest absolute Gasteiger partial charge is 0.360 e. The molecule has 1 heterocycles. The predicted molar refractivity (Wildman–Crippen MR) is 95.5 cm³/mol. The standard InChI is InChI=1S/C17H13BrF4N4/c18-12-2-1-3-13-14(12)15(24-9-17(20,21)22)26-16(25-13)23-8-10-4-6-11(19)7-5-10/h1-7H,8-9H2,(H2,23,24,25,26). The number of fused-ring (bicyclic) bond motifs is 1. The Balaban J connectivity index is 1.89. The Hall–Kier alpha value is -2.42. The van der Waals surface area contributed by atoms with Gasteiger partial charge >= 0.3 is 6.18 Å². The van der Waals surface area contributed by atoms with Crippen molar-refractivity contribution in [2.24, 2.45) is 0 Å². The summed E-state index contributed by atoms with van der Waals surface area (Å²) in [6, 6.07) is 11.0. The maximum absolute atomic E-state index is 12.9. The topological polar surface area (TPSA) is 49.8 Å². The highest BCUT2D eigenvalue weighted by Crippen LogP contribution is 2.30. The lowest BCUT2D eigenvalue weighted by Gasteiger charge is -2.14. The molecule has 2 N–H and O–H groups in total. The summed E-state index contributed by atoms with van der Waals surface area (Å²) in [5.41, 5.74) is 1.27. The van der Waals surface area contributed by atoms with Crippen LogP contribution in [0, 0.1) is 5.82 Å². The molecule has 0 radical (unpaired) electrons. The van der Waals surface area contributed by atoms with Gasteiger partial charge < -0.3 is 10.6 Å². The fraction of sp³-hybridized carbons (Fsp3) is 0.176. The zero-order valence-corrected chi connectivity index (χ0v) is 14.8. The van der Waals surface area contributed by atoms with E-state index in [0.29, 0.717) is 21.9 Å². The molecule has 0 saturated carbocycles. The second kappa shape index (κ2) is 7.45. The predicted octanol–water partition coefficient (Wildman–Crippen LogP) is 5.12. The third-order valence-corrected chi connectivity index (χ3v) is 4.15. The van der Waals surface area contributed by atoms with Crippen LogP contribution in [0.3, 0.4) is 0 Å². The lowest BCUT2D eigenvalue weighted by molar-refractivity contribution is -0.115. The second-order valence-corrected chi connectivity index (χ2v) is 6.33. The molecule has 1 aromatic heterocycles. The molecule has 0 amide bonds. The van der Waals surface area contributed by atoms with E-state index in [1.807, 2.05) is 0 Å². The Morgan fingerprint density at radius 1 is 0.962 bits per heavy atom. The van der Waals surface area contributed by atoms with Crippen molar-refractivity contribution in [3.63, 3.8) is 0 Å². The van der Waals surface area contributed by atoms with Gasteiger partial charge in [-0.25, -0.2) is 9.37 Å². The minimum absolute atomic E-state index is 0.0707. The maximum atomic E-state index is 12.9. The molecular weight excluding hydrogens is 416 g/mol. The van der Waals surface area contributed by atoms with Crippen LogP contribution >= 0.6 is 15.9 Å². The molecule has 9 heteroatoms. The highest BCUT2D eigenvalue weighted by Gasteiger charge is 2.27. The van der Waals surface area contributed by atoms with Gasteiger partial charge in [0.15, 0.2) is 0 Å². The van der Waals surface area contributed by atoms with Gasteiger partial charge in [-0.2, -0.15) is 18.2 Å². The van der Waals surface area contributed by atoms with Crippen molar-refractivity contribution in [1.29, 1.82) is 0 Å². The molecule has 0 aliphatic rings. The van der Waals surface area contributed by atoms with E-state index >= 15 is 0 Å². The first-order chi connectivity index (χ1) is 12.3. The van der Waals surface area contributed by atoms with Crippen molar-refractivity contribution >= 4 is 38.6 Å². The lowest BCUT2D eigenvalue weighted by Crippen LogP contribution is -2.22. The number of hydrogen-bond donors (Lipinski definition) is 2. The molecule has 0 fully saturated rings. The molecule has 136 valence electrons. The summed E-state index contributed by atoms with van der Waals surface area (Å²) in [5.74, 6) is -0.106. The Kier molecular flexibility index (Phi) is 5.26. The van der Waals surface area contributed by atoms with Crippen molar-refractivity contribution in [3.05, 3.63) is 58.3 Å². The van der Waals surface area contributed by atoms with E-state index in [9.17, 15) is 17.6 Å². The van der Waals surface area contributed by atoms with Crippen LogP contribution in [0.15, 0.2) is 46.9 Å². The van der Waals surface area contributed by atoms with Gasteiger partial charge in [-0.1, -0.05) is 18.2 Å². The molecule has 0 atom stereocenters. The van der Waals surface area contributed by atoms with Crippen molar-refractivity contribution in [2.75, 3.05) is 17.2 Å². The molecule has 0 spiro atoms. The fourth-order valence-electron chi connectivity index (χ4n) is 2.32. The summed E-state index contributed by atoms with van der Waals surface area (Å²) >= 11 is 3.32. The zero-order chi connectivity index (χ0) is 18.7. The molecule has 26 heavy (non-hydrogen) atoms. The molecule has 3 aromatic rings. The number of nitrogens with one attached hydrogen (secondary N) is 2. The summed E-state index contributed by atoms with van der Waals surface area (Å²) in [4.78, 5) is 8.49. The molecule has 4 nitrogen and oxygen atoms in total. The van der Waals surface area contributed by atoms with E-state index in [-0.39, 0.29) is 17.6 Å². The Bertz CT molecular complexity index is 913. The first-order valence-electron chi connectivity index (χ1n) is 7.57. The van der Waals surface area contributed by atoms with E-state index in [2.05, 4.69) is 36.5 Å². The Labute approximate surface area is 154 Å². The van der Waals surface area contributed by atoms with Gasteiger partial charge in [-0.3, -0.25) is 0 Å². The van der Waals surface area contributed by atoms with Crippen LogP contribution in [-0.2, 0) is 6.54 Å². The van der Waals surface area contributed by atoms with Gasteiger partial charge in [0.25, 0.3) is 0 Å². The Morgan fingerprint density at radius 3 is 2.38 bits per heavy atom. The quantitative estimate of drug-likeness (QED) is 0.553. The summed E-state index contributed by atoms with van der Waals surface area (Å²) in [5, 5.41) is 5.73. The number of rotatable bonds is 5. The van der Waals surface area contributed by atoms with Crippen molar-refractivity contribution in [2.45, 2.75) is 12.7 Å². The first kappa shape index (κ1) is 18.4. The normalized spacial score (nSPS) is 11.6. The number of hydrogen-bond acceptors (Lipinski definition) is 4. The van der Waals surface area contributed by atoms with Crippen LogP contribution in [0.5, 0.6) is 0 Å². The van der Waals surface area contributed by atoms with E-state index in [4.69, 9.17) is 0 Å². The molecular formula is C17H13BrF4N4. The van der Waals surface area contributed by atoms with Crippen molar-refractivity contribution < 1.29 is 17.6 Å². The monoisotopic (exact) mass is 428 g/mol. The maximum Gasteiger partial charge on any atom is 0.405 e. The molecule has 0 saturated heterocycles. The molecule has 0 aliphatic carbocycles. The van der Waals surface area contributed by atoms with Crippen molar-refractivity contribution in [1.82, 2.24) is 9.97 Å². The number of halogens is 5. The third kappa shape index (κ3) is 4.60. The van der Waals surface area contributed by atoms with E-state index in [0.717, 1.165) is 5.56 Å². The summed E-state index contributed by atoms with van der Waals surface area (Å²) in [7, 11) is 0. The SMILES string of the molecule is Fc1ccc(CNc2nc(NCC(F)(F)F)c3c(Br)cccc3n2)cc1. The van der Waals surface area contributed by atoms with Crippen LogP contribution in [0.1, 0.15) is 5.56 Å². The van der Waals surface area contributed by atoms with Crippen LogP contribution < -0.4 is 10.6 Å². The zero-order valence-electron chi connectivity index (χ0n) is 13.2. The van der Waals surface area contributed by atoms with E-state index < -0.39 is 12.7 Å². The Morgan fingerprint density at radius 2 is 1.69 bits per heavy atom.